The van der Waals surface area contributed by atoms with E-state index in [1.165, 1.54) is 19.4 Å². The number of benzene rings is 1. The van der Waals surface area contributed by atoms with Crippen LogP contribution in [0.25, 0.3) is 0 Å². The molecule has 36 heavy (non-hydrogen) atoms. The van der Waals surface area contributed by atoms with Gasteiger partial charge < -0.3 is 26.0 Å². The number of nitrogens with zero attached hydrogens (tertiary/aromatic N) is 4. The van der Waals surface area contributed by atoms with Gasteiger partial charge in [-0.1, -0.05) is 30.3 Å². The standard InChI is InChI=1S/C26H34N6O4/c1-16-20(21(22(27)33)30-25(29-16)36-26(2,3)24(28)35)23(34)32-14-18-12-31(13-19(18)15-32)11-7-10-17-8-5-4-6-9-17/h4-6,8-9,18-19H,7,10-15H2,1-3H3,(H2,27,33)(H2,28,35). The van der Waals surface area contributed by atoms with E-state index in [1.54, 1.807) is 11.8 Å². The van der Waals surface area contributed by atoms with Crippen LogP contribution in [0.15, 0.2) is 30.3 Å². The lowest BCUT2D eigenvalue weighted by Crippen LogP contribution is -2.44. The Hall–Kier alpha value is -3.53. The number of rotatable bonds is 9. The van der Waals surface area contributed by atoms with Gasteiger partial charge in [-0.15, -0.1) is 0 Å². The molecule has 0 spiro atoms. The van der Waals surface area contributed by atoms with E-state index in [0.717, 1.165) is 32.5 Å². The first kappa shape index (κ1) is 25.6. The Morgan fingerprint density at radius 2 is 1.67 bits per heavy atom. The number of hydrogen-bond acceptors (Lipinski definition) is 7. The fraction of sp³-hybridized carbons (Fsp3) is 0.500. The van der Waals surface area contributed by atoms with Gasteiger partial charge in [0.2, 0.25) is 0 Å². The lowest BCUT2D eigenvalue weighted by Gasteiger charge is -2.24. The van der Waals surface area contributed by atoms with Crippen molar-refractivity contribution >= 4 is 17.7 Å². The van der Waals surface area contributed by atoms with Gasteiger partial charge in [-0.25, -0.2) is 0 Å². The van der Waals surface area contributed by atoms with E-state index >= 15 is 0 Å². The van der Waals surface area contributed by atoms with Crippen LogP contribution in [0, 0.1) is 18.8 Å². The third kappa shape index (κ3) is 5.48. The molecule has 3 amide bonds. The highest BCUT2D eigenvalue weighted by molar-refractivity contribution is 6.06. The van der Waals surface area contributed by atoms with Gasteiger partial charge in [0.25, 0.3) is 17.7 Å². The lowest BCUT2D eigenvalue weighted by atomic mass is 10.0. The molecule has 2 atom stereocenters. The Bertz CT molecular complexity index is 1140. The molecule has 0 bridgehead atoms. The fourth-order valence-electron chi connectivity index (χ4n) is 5.05. The Kier molecular flexibility index (Phi) is 7.26. The van der Waals surface area contributed by atoms with Gasteiger partial charge in [0, 0.05) is 26.2 Å². The van der Waals surface area contributed by atoms with Crippen LogP contribution in [0.2, 0.25) is 0 Å². The molecular weight excluding hydrogens is 460 g/mol. The molecule has 0 aliphatic carbocycles. The molecule has 2 unspecified atom stereocenters. The van der Waals surface area contributed by atoms with Crippen molar-refractivity contribution in [1.29, 1.82) is 0 Å². The van der Waals surface area contributed by atoms with Crippen molar-refractivity contribution in [3.8, 4) is 6.01 Å². The second-order valence-electron chi connectivity index (χ2n) is 10.2. The molecule has 0 radical (unpaired) electrons. The first-order valence-electron chi connectivity index (χ1n) is 12.3. The predicted molar refractivity (Wildman–Crippen MR) is 133 cm³/mol. The molecule has 3 heterocycles. The van der Waals surface area contributed by atoms with Gasteiger partial charge in [-0.3, -0.25) is 14.4 Å². The number of hydrogen-bond donors (Lipinski definition) is 2. The molecule has 2 aliphatic heterocycles. The minimum Gasteiger partial charge on any atom is -0.447 e. The van der Waals surface area contributed by atoms with Crippen LogP contribution in [-0.2, 0) is 11.2 Å². The van der Waals surface area contributed by atoms with Crippen molar-refractivity contribution in [1.82, 2.24) is 19.8 Å². The molecule has 1 aromatic carbocycles. The van der Waals surface area contributed by atoms with Crippen LogP contribution in [0.3, 0.4) is 0 Å². The maximum Gasteiger partial charge on any atom is 0.318 e. The minimum atomic E-state index is -1.40. The van der Waals surface area contributed by atoms with Crippen molar-refractivity contribution < 1.29 is 19.1 Å². The maximum atomic E-state index is 13.4. The third-order valence-electron chi connectivity index (χ3n) is 7.09. The first-order valence-corrected chi connectivity index (χ1v) is 12.3. The highest BCUT2D eigenvalue weighted by Crippen LogP contribution is 2.33. The number of fused-ring (bicyclic) bond motifs is 1. The molecule has 2 aliphatic rings. The smallest absolute Gasteiger partial charge is 0.318 e. The molecule has 2 aromatic rings. The Morgan fingerprint density at radius 1 is 1.03 bits per heavy atom. The second-order valence-corrected chi connectivity index (χ2v) is 10.2. The maximum absolute atomic E-state index is 13.4. The zero-order valence-corrected chi connectivity index (χ0v) is 21.1. The van der Waals surface area contributed by atoms with Gasteiger partial charge >= 0.3 is 6.01 Å². The second kappa shape index (κ2) is 10.2. The van der Waals surface area contributed by atoms with Crippen LogP contribution >= 0.6 is 0 Å². The molecule has 0 saturated carbocycles. The quantitative estimate of drug-likeness (QED) is 0.532. The SMILES string of the molecule is Cc1nc(OC(C)(C)C(N)=O)nc(C(N)=O)c1C(=O)N1CC2CN(CCCc3ccccc3)CC2C1. The van der Waals surface area contributed by atoms with Crippen LogP contribution < -0.4 is 16.2 Å². The lowest BCUT2D eigenvalue weighted by molar-refractivity contribution is -0.131. The Labute approximate surface area is 211 Å². The molecular formula is C26H34N6O4. The summed E-state index contributed by atoms with van der Waals surface area (Å²) in [5.74, 6) is -1.12. The number of aryl methyl sites for hydroxylation is 2. The number of ether oxygens (including phenoxy) is 1. The summed E-state index contributed by atoms with van der Waals surface area (Å²) < 4.78 is 5.49. The number of amides is 3. The molecule has 10 nitrogen and oxygen atoms in total. The van der Waals surface area contributed by atoms with Gasteiger partial charge in [-0.05, 0) is 57.6 Å². The number of aromatic nitrogens is 2. The Balaban J connectivity index is 1.39. The van der Waals surface area contributed by atoms with Crippen molar-refractivity contribution in [2.75, 3.05) is 32.7 Å². The molecule has 1 aromatic heterocycles. The van der Waals surface area contributed by atoms with Crippen molar-refractivity contribution in [2.45, 2.75) is 39.2 Å². The summed E-state index contributed by atoms with van der Waals surface area (Å²) in [5.41, 5.74) is 11.0. The zero-order chi connectivity index (χ0) is 26.0. The van der Waals surface area contributed by atoms with Crippen molar-refractivity contribution in [3.63, 3.8) is 0 Å². The highest BCUT2D eigenvalue weighted by atomic mass is 16.5. The van der Waals surface area contributed by atoms with Crippen molar-refractivity contribution in [2.24, 2.45) is 23.3 Å². The van der Waals surface area contributed by atoms with Gasteiger partial charge in [0.15, 0.2) is 5.60 Å². The molecule has 10 heteroatoms. The van der Waals surface area contributed by atoms with Crippen molar-refractivity contribution in [3.05, 3.63) is 52.8 Å². The summed E-state index contributed by atoms with van der Waals surface area (Å²) in [6, 6.07) is 10.3. The Morgan fingerprint density at radius 3 is 2.25 bits per heavy atom. The average molecular weight is 495 g/mol. The molecule has 2 saturated heterocycles. The fourth-order valence-corrected chi connectivity index (χ4v) is 5.05. The normalized spacial score (nSPS) is 19.8. The number of carbonyl (C=O) groups excluding carboxylic acids is 3. The van der Waals surface area contributed by atoms with Gasteiger partial charge in [-0.2, -0.15) is 9.97 Å². The zero-order valence-electron chi connectivity index (χ0n) is 21.1. The molecule has 2 fully saturated rings. The number of likely N-dealkylation sites (tertiary alicyclic amines) is 2. The molecule has 192 valence electrons. The summed E-state index contributed by atoms with van der Waals surface area (Å²) in [4.78, 5) is 49.8. The van der Waals surface area contributed by atoms with Crippen LogP contribution in [-0.4, -0.2) is 75.8 Å². The van der Waals surface area contributed by atoms with E-state index in [2.05, 4.69) is 39.1 Å². The van der Waals surface area contributed by atoms with E-state index in [4.69, 9.17) is 16.2 Å². The minimum absolute atomic E-state index is 0.0754. The summed E-state index contributed by atoms with van der Waals surface area (Å²) in [6.07, 6.45) is 2.16. The van der Waals surface area contributed by atoms with Gasteiger partial charge in [0.1, 0.15) is 5.69 Å². The topological polar surface area (TPSA) is 145 Å². The third-order valence-corrected chi connectivity index (χ3v) is 7.09. The summed E-state index contributed by atoms with van der Waals surface area (Å²) in [7, 11) is 0. The first-order chi connectivity index (χ1) is 17.0. The highest BCUT2D eigenvalue weighted by Gasteiger charge is 2.42. The number of primary amides is 2. The number of carbonyl (C=O) groups is 3. The van der Waals surface area contributed by atoms with E-state index in [-0.39, 0.29) is 28.9 Å². The van der Waals surface area contributed by atoms with Crippen LogP contribution in [0.1, 0.15) is 52.4 Å². The molecule has 4 N–H and O–H groups in total. The number of nitrogens with two attached hydrogens (primary N) is 2. The molecule has 4 rings (SSSR count). The predicted octanol–water partition coefficient (Wildman–Crippen LogP) is 1.16. The average Bonchev–Trinajstić information content (AvgIpc) is 3.37. The summed E-state index contributed by atoms with van der Waals surface area (Å²) in [6.45, 7) is 8.70. The van der Waals surface area contributed by atoms with Gasteiger partial charge in [0.05, 0.1) is 11.3 Å². The van der Waals surface area contributed by atoms with Crippen LogP contribution in [0.5, 0.6) is 6.01 Å². The summed E-state index contributed by atoms with van der Waals surface area (Å²) >= 11 is 0. The van der Waals surface area contributed by atoms with E-state index in [1.807, 2.05) is 6.07 Å². The van der Waals surface area contributed by atoms with Crippen LogP contribution in [0.4, 0.5) is 0 Å². The van der Waals surface area contributed by atoms with E-state index in [9.17, 15) is 14.4 Å². The summed E-state index contributed by atoms with van der Waals surface area (Å²) in [5, 5.41) is 0. The monoisotopic (exact) mass is 494 g/mol. The van der Waals surface area contributed by atoms with E-state index < -0.39 is 17.4 Å². The largest absolute Gasteiger partial charge is 0.447 e. The van der Waals surface area contributed by atoms with E-state index in [0.29, 0.717) is 24.9 Å².